The van der Waals surface area contributed by atoms with E-state index < -0.39 is 18.5 Å². The van der Waals surface area contributed by atoms with Crippen LogP contribution in [-0.4, -0.2) is 17.6 Å². The van der Waals surface area contributed by atoms with Crippen LogP contribution in [0.1, 0.15) is 18.1 Å². The van der Waals surface area contributed by atoms with Crippen molar-refractivity contribution in [2.75, 3.05) is 6.61 Å². The van der Waals surface area contributed by atoms with Crippen molar-refractivity contribution in [3.8, 4) is 17.0 Å². The van der Waals surface area contributed by atoms with Crippen LogP contribution in [0, 0.1) is 19.9 Å². The molecular weight excluding hydrogens is 377 g/mol. The second-order valence-corrected chi connectivity index (χ2v) is 5.04. The first kappa shape index (κ1) is 20.0. The minimum atomic E-state index is -2.60. The maximum Gasteiger partial charge on any atom is 0.256 e. The molecule has 1 aromatic heterocycles. The van der Waals surface area contributed by atoms with E-state index >= 15 is 0 Å². The maximum atomic E-state index is 12.8. The summed E-state index contributed by atoms with van der Waals surface area (Å²) in [7, 11) is 0. The van der Waals surface area contributed by atoms with Crippen LogP contribution in [0.3, 0.4) is 0 Å². The zero-order valence-electron chi connectivity index (χ0n) is 13.4. The monoisotopic (exact) mass is 395 g/mol. The van der Waals surface area contributed by atoms with E-state index in [9.17, 15) is 13.6 Å². The Kier molecular flexibility index (Phi) is 7.55. The van der Waals surface area contributed by atoms with Crippen molar-refractivity contribution in [3.05, 3.63) is 51.8 Å². The molecule has 3 nitrogen and oxygen atoms in total. The second kappa shape index (κ2) is 8.69. The van der Waals surface area contributed by atoms with E-state index in [0.717, 1.165) is 10.1 Å². The first-order valence-electron chi connectivity index (χ1n) is 7.08. The third-order valence-electron chi connectivity index (χ3n) is 3.36. The standard InChI is InChI=1S/C17H18F2NO2.Y/c1-4-22-13-6-7-14(12(3)9-13)15-8-5-11(2)17(21)20(15)10-16(18)19;/h5-7,9,16H,4,10H2,1-3H3;/q-1;. The molecule has 2 rings (SSSR count). The molecule has 0 aliphatic rings. The fraction of sp³-hybridized carbons (Fsp3) is 0.353. The van der Waals surface area contributed by atoms with Crippen molar-refractivity contribution in [2.24, 2.45) is 0 Å². The Morgan fingerprint density at radius 3 is 2.52 bits per heavy atom. The van der Waals surface area contributed by atoms with Gasteiger partial charge in [-0.2, -0.15) is 12.1 Å². The van der Waals surface area contributed by atoms with Gasteiger partial charge in [-0.3, -0.25) is 4.79 Å². The summed E-state index contributed by atoms with van der Waals surface area (Å²) in [5.41, 5.74) is 1.89. The molecule has 0 spiro atoms. The van der Waals surface area contributed by atoms with Crippen LogP contribution in [0.25, 0.3) is 11.3 Å². The first-order chi connectivity index (χ1) is 10.4. The third-order valence-corrected chi connectivity index (χ3v) is 3.36. The number of alkyl halides is 2. The molecule has 6 heteroatoms. The minimum absolute atomic E-state index is 0. The number of hydrogen-bond donors (Lipinski definition) is 0. The Balaban J connectivity index is 0.00000264. The van der Waals surface area contributed by atoms with E-state index in [1.54, 1.807) is 19.1 Å². The van der Waals surface area contributed by atoms with Gasteiger partial charge in [0.25, 0.3) is 6.43 Å². The Labute approximate surface area is 159 Å². The van der Waals surface area contributed by atoms with Gasteiger partial charge in [0.1, 0.15) is 5.75 Å². The van der Waals surface area contributed by atoms with Crippen molar-refractivity contribution >= 4 is 0 Å². The Bertz CT molecular complexity index is 729. The third kappa shape index (κ3) is 4.71. The Morgan fingerprint density at radius 1 is 1.26 bits per heavy atom. The molecule has 121 valence electrons. The van der Waals surface area contributed by atoms with Crippen LogP contribution in [0.4, 0.5) is 8.78 Å². The van der Waals surface area contributed by atoms with Gasteiger partial charge in [-0.25, -0.2) is 8.78 Å². The smallest absolute Gasteiger partial charge is 0.256 e. The zero-order valence-corrected chi connectivity index (χ0v) is 16.2. The summed E-state index contributed by atoms with van der Waals surface area (Å²) in [6.07, 6.45) is -2.60. The number of pyridine rings is 1. The summed E-state index contributed by atoms with van der Waals surface area (Å²) in [4.78, 5) is 12.2. The molecule has 1 heterocycles. The average Bonchev–Trinajstić information content (AvgIpc) is 2.45. The molecule has 0 saturated heterocycles. The van der Waals surface area contributed by atoms with Gasteiger partial charge in [0.15, 0.2) is 5.56 Å². The summed E-state index contributed by atoms with van der Waals surface area (Å²) in [5, 5.41) is 0. The van der Waals surface area contributed by atoms with Gasteiger partial charge in [-0.05, 0) is 19.1 Å². The average molecular weight is 395 g/mol. The molecular formula is C17H18F2NO2Y-. The van der Waals surface area contributed by atoms with E-state index in [1.807, 2.05) is 19.9 Å². The predicted octanol–water partition coefficient (Wildman–Crippen LogP) is 3.59. The first-order valence-corrected chi connectivity index (χ1v) is 7.08. The van der Waals surface area contributed by atoms with E-state index in [4.69, 9.17) is 4.74 Å². The van der Waals surface area contributed by atoms with E-state index in [1.165, 1.54) is 6.07 Å². The van der Waals surface area contributed by atoms with Gasteiger partial charge in [0, 0.05) is 32.7 Å². The summed E-state index contributed by atoms with van der Waals surface area (Å²) >= 11 is 0. The topological polar surface area (TPSA) is 31.2 Å². The molecule has 2 aromatic rings. The minimum Gasteiger partial charge on any atom is -0.494 e. The van der Waals surface area contributed by atoms with Crippen LogP contribution in [-0.2, 0) is 39.3 Å². The number of rotatable bonds is 5. The van der Waals surface area contributed by atoms with Gasteiger partial charge < -0.3 is 9.30 Å². The number of benzene rings is 1. The fourth-order valence-electron chi connectivity index (χ4n) is 2.32. The van der Waals surface area contributed by atoms with Crippen LogP contribution in [0.2, 0.25) is 0 Å². The number of aryl methyl sites for hydroxylation is 2. The van der Waals surface area contributed by atoms with Crippen molar-refractivity contribution in [1.29, 1.82) is 0 Å². The Morgan fingerprint density at radius 2 is 1.96 bits per heavy atom. The quantitative estimate of drug-likeness (QED) is 0.725. The fourth-order valence-corrected chi connectivity index (χ4v) is 2.32. The van der Waals surface area contributed by atoms with Crippen molar-refractivity contribution < 1.29 is 46.2 Å². The van der Waals surface area contributed by atoms with E-state index in [2.05, 4.69) is 6.07 Å². The summed E-state index contributed by atoms with van der Waals surface area (Å²) in [6.45, 7) is 5.24. The van der Waals surface area contributed by atoms with E-state index in [-0.39, 0.29) is 32.7 Å². The molecule has 0 saturated carbocycles. The normalized spacial score (nSPS) is 10.5. The summed E-state index contributed by atoms with van der Waals surface area (Å²) in [5.74, 6) is 0.707. The largest absolute Gasteiger partial charge is 0.494 e. The number of ether oxygens (including phenoxy) is 1. The van der Waals surface area contributed by atoms with Crippen LogP contribution >= 0.6 is 0 Å². The van der Waals surface area contributed by atoms with Gasteiger partial charge in [0.2, 0.25) is 0 Å². The molecule has 0 atom stereocenters. The van der Waals surface area contributed by atoms with Crippen LogP contribution < -0.4 is 10.3 Å². The van der Waals surface area contributed by atoms with Crippen LogP contribution in [0.5, 0.6) is 5.75 Å². The molecule has 0 fully saturated rings. The molecule has 0 amide bonds. The van der Waals surface area contributed by atoms with E-state index in [0.29, 0.717) is 29.2 Å². The SMILES string of the molecule is CCOc1ccc(-c2[c-]cc(C)c(=O)n2CC(F)F)c(C)c1.[Y]. The molecule has 0 aliphatic carbocycles. The van der Waals surface area contributed by atoms with Gasteiger partial charge in [-0.15, -0.1) is 6.07 Å². The van der Waals surface area contributed by atoms with Gasteiger partial charge >= 0.3 is 0 Å². The van der Waals surface area contributed by atoms with Crippen LogP contribution in [0.15, 0.2) is 29.1 Å². The Hall–Kier alpha value is -1.07. The number of hydrogen-bond acceptors (Lipinski definition) is 2. The number of aromatic nitrogens is 1. The van der Waals surface area contributed by atoms with Gasteiger partial charge in [0.05, 0.1) is 13.2 Å². The van der Waals surface area contributed by atoms with Crippen molar-refractivity contribution in [3.63, 3.8) is 0 Å². The van der Waals surface area contributed by atoms with Crippen molar-refractivity contribution in [1.82, 2.24) is 4.57 Å². The number of halogens is 2. The number of nitrogens with zero attached hydrogens (tertiary/aromatic N) is 1. The molecule has 0 aliphatic heterocycles. The zero-order chi connectivity index (χ0) is 16.3. The molecule has 0 N–H and O–H groups in total. The molecule has 1 radical (unpaired) electrons. The predicted molar refractivity (Wildman–Crippen MR) is 81.6 cm³/mol. The molecule has 0 unspecified atom stereocenters. The summed E-state index contributed by atoms with van der Waals surface area (Å²) < 4.78 is 32.1. The van der Waals surface area contributed by atoms with Crippen molar-refractivity contribution in [2.45, 2.75) is 33.7 Å². The molecule has 23 heavy (non-hydrogen) atoms. The molecule has 1 aromatic carbocycles. The summed E-state index contributed by atoms with van der Waals surface area (Å²) in [6, 6.07) is 9.84. The second-order valence-electron chi connectivity index (χ2n) is 5.04. The molecule has 0 bridgehead atoms. The maximum absolute atomic E-state index is 12.8. The van der Waals surface area contributed by atoms with Gasteiger partial charge in [-0.1, -0.05) is 36.2 Å².